The summed E-state index contributed by atoms with van der Waals surface area (Å²) >= 11 is 0. The van der Waals surface area contributed by atoms with Crippen LogP contribution < -0.4 is 0 Å². The van der Waals surface area contributed by atoms with Gasteiger partial charge in [-0.2, -0.15) is 5.10 Å². The molecular formula is C21H21N5O. The lowest BCUT2D eigenvalue weighted by molar-refractivity contribution is 0.280. The molecule has 0 saturated carbocycles. The first-order valence-corrected chi connectivity index (χ1v) is 9.42. The number of rotatable bonds is 5. The van der Waals surface area contributed by atoms with Gasteiger partial charge in [0.1, 0.15) is 5.69 Å². The highest BCUT2D eigenvalue weighted by Gasteiger charge is 2.24. The van der Waals surface area contributed by atoms with E-state index in [4.69, 9.17) is 10.2 Å². The van der Waals surface area contributed by atoms with Crippen LogP contribution in [0.1, 0.15) is 18.5 Å². The minimum Gasteiger partial charge on any atom is -0.396 e. The molecule has 1 N–H and O–H groups in total. The molecule has 0 spiro atoms. The molecule has 0 radical (unpaired) electrons. The molecule has 0 atom stereocenters. The molecule has 5 rings (SSSR count). The van der Waals surface area contributed by atoms with Crippen molar-refractivity contribution in [2.45, 2.75) is 32.4 Å². The lowest BCUT2D eigenvalue weighted by Crippen LogP contribution is -1.98. The van der Waals surface area contributed by atoms with Gasteiger partial charge in [-0.1, -0.05) is 12.1 Å². The van der Waals surface area contributed by atoms with E-state index in [0.717, 1.165) is 60.3 Å². The molecule has 1 aliphatic heterocycles. The van der Waals surface area contributed by atoms with Crippen molar-refractivity contribution >= 4 is 11.0 Å². The summed E-state index contributed by atoms with van der Waals surface area (Å²) in [6.45, 7) is 1.90. The number of hydrogen-bond donors (Lipinski definition) is 1. The monoisotopic (exact) mass is 359 g/mol. The molecule has 0 amide bonds. The summed E-state index contributed by atoms with van der Waals surface area (Å²) in [7, 11) is 0. The normalized spacial score (nSPS) is 13.4. The summed E-state index contributed by atoms with van der Waals surface area (Å²) in [6.07, 6.45) is 6.56. The van der Waals surface area contributed by atoms with Gasteiger partial charge in [0, 0.05) is 37.2 Å². The molecule has 136 valence electrons. The molecule has 0 saturated heterocycles. The fraction of sp³-hybridized carbons (Fsp3) is 0.286. The van der Waals surface area contributed by atoms with Gasteiger partial charge in [-0.25, -0.2) is 4.98 Å². The van der Waals surface area contributed by atoms with Crippen molar-refractivity contribution in [3.63, 3.8) is 0 Å². The predicted molar refractivity (Wildman–Crippen MR) is 104 cm³/mol. The summed E-state index contributed by atoms with van der Waals surface area (Å²) in [5.41, 5.74) is 7.54. The van der Waals surface area contributed by atoms with Crippen LogP contribution in [-0.4, -0.2) is 36.0 Å². The molecule has 1 aliphatic rings. The van der Waals surface area contributed by atoms with Gasteiger partial charge in [0.2, 0.25) is 0 Å². The van der Waals surface area contributed by atoms with E-state index in [9.17, 15) is 0 Å². The van der Waals surface area contributed by atoms with E-state index in [2.05, 4.69) is 37.4 Å². The summed E-state index contributed by atoms with van der Waals surface area (Å²) in [6, 6.07) is 12.4. The lowest BCUT2D eigenvalue weighted by Gasteiger charge is -2.07. The fourth-order valence-electron chi connectivity index (χ4n) is 3.95. The topological polar surface area (TPSA) is 68.8 Å². The smallest absolute Gasteiger partial charge is 0.119 e. The van der Waals surface area contributed by atoms with Crippen LogP contribution in [0.4, 0.5) is 0 Å². The Morgan fingerprint density at radius 2 is 2.07 bits per heavy atom. The molecule has 0 aliphatic carbocycles. The Kier molecular flexibility index (Phi) is 3.98. The van der Waals surface area contributed by atoms with Gasteiger partial charge in [0.25, 0.3) is 0 Å². The van der Waals surface area contributed by atoms with Crippen molar-refractivity contribution in [2.75, 3.05) is 6.61 Å². The van der Waals surface area contributed by atoms with Crippen LogP contribution in [0.15, 0.2) is 48.9 Å². The average molecular weight is 359 g/mol. The van der Waals surface area contributed by atoms with Crippen molar-refractivity contribution in [2.24, 2.45) is 0 Å². The first-order chi connectivity index (χ1) is 13.3. The quantitative estimate of drug-likeness (QED) is 0.594. The summed E-state index contributed by atoms with van der Waals surface area (Å²) in [5.74, 6) is 0. The zero-order valence-electron chi connectivity index (χ0n) is 15.0. The molecule has 0 unspecified atom stereocenters. The average Bonchev–Trinajstić information content (AvgIpc) is 3.40. The molecule has 0 fully saturated rings. The standard InChI is InChI=1S/C21H21N5O/c27-12-4-10-25-14-23-16-8-7-15(13-19(16)25)20-18-6-3-11-26(18)24-21(20)17-5-1-2-9-22-17/h1-2,5,7-9,13-14,27H,3-4,6,10-12H2. The van der Waals surface area contributed by atoms with Crippen molar-refractivity contribution in [1.82, 2.24) is 24.3 Å². The zero-order chi connectivity index (χ0) is 18.2. The number of pyridine rings is 1. The van der Waals surface area contributed by atoms with Crippen molar-refractivity contribution in [3.8, 4) is 22.5 Å². The maximum Gasteiger partial charge on any atom is 0.119 e. The zero-order valence-corrected chi connectivity index (χ0v) is 15.0. The molecule has 3 aromatic heterocycles. The highest BCUT2D eigenvalue weighted by molar-refractivity contribution is 5.88. The van der Waals surface area contributed by atoms with Crippen LogP contribution in [0, 0.1) is 0 Å². The first-order valence-electron chi connectivity index (χ1n) is 9.42. The third-order valence-corrected chi connectivity index (χ3v) is 5.22. The van der Waals surface area contributed by atoms with Crippen molar-refractivity contribution in [3.05, 3.63) is 54.6 Å². The van der Waals surface area contributed by atoms with Gasteiger partial charge in [-0.15, -0.1) is 0 Å². The molecule has 27 heavy (non-hydrogen) atoms. The molecule has 4 aromatic rings. The van der Waals surface area contributed by atoms with Crippen LogP contribution in [0.5, 0.6) is 0 Å². The van der Waals surface area contributed by atoms with E-state index in [1.54, 1.807) is 0 Å². The predicted octanol–water partition coefficient (Wildman–Crippen LogP) is 3.29. The number of imidazole rings is 1. The second-order valence-electron chi connectivity index (χ2n) is 6.93. The Morgan fingerprint density at radius 1 is 1.11 bits per heavy atom. The van der Waals surface area contributed by atoms with Crippen LogP contribution in [0.2, 0.25) is 0 Å². The highest BCUT2D eigenvalue weighted by atomic mass is 16.3. The number of aliphatic hydroxyl groups is 1. The van der Waals surface area contributed by atoms with Crippen LogP contribution in [0.3, 0.4) is 0 Å². The Balaban J connectivity index is 1.68. The first kappa shape index (κ1) is 16.2. The number of hydrogen-bond acceptors (Lipinski definition) is 4. The third kappa shape index (κ3) is 2.73. The lowest BCUT2D eigenvalue weighted by atomic mass is 9.99. The third-order valence-electron chi connectivity index (χ3n) is 5.22. The molecule has 1 aromatic carbocycles. The Hall–Kier alpha value is -2.99. The Labute approximate surface area is 157 Å². The van der Waals surface area contributed by atoms with E-state index < -0.39 is 0 Å². The number of nitrogens with zero attached hydrogens (tertiary/aromatic N) is 5. The molecular weight excluding hydrogens is 338 g/mol. The van der Waals surface area contributed by atoms with Crippen LogP contribution >= 0.6 is 0 Å². The number of fused-ring (bicyclic) bond motifs is 2. The number of aryl methyl sites for hydroxylation is 2. The van der Waals surface area contributed by atoms with Gasteiger partial charge in [-0.3, -0.25) is 9.67 Å². The van der Waals surface area contributed by atoms with Crippen LogP contribution in [-0.2, 0) is 19.5 Å². The summed E-state index contributed by atoms with van der Waals surface area (Å²) < 4.78 is 4.24. The van der Waals surface area contributed by atoms with Crippen molar-refractivity contribution < 1.29 is 5.11 Å². The fourth-order valence-corrected chi connectivity index (χ4v) is 3.95. The van der Waals surface area contributed by atoms with E-state index >= 15 is 0 Å². The number of aliphatic hydroxyl groups excluding tert-OH is 1. The van der Waals surface area contributed by atoms with Crippen molar-refractivity contribution in [1.29, 1.82) is 0 Å². The molecule has 0 bridgehead atoms. The number of benzene rings is 1. The maximum absolute atomic E-state index is 9.16. The SMILES string of the molecule is OCCCn1cnc2ccc(-c3c(-c4ccccn4)nn4c3CCC4)cc21. The van der Waals surface area contributed by atoms with E-state index in [0.29, 0.717) is 0 Å². The Morgan fingerprint density at radius 3 is 2.93 bits per heavy atom. The van der Waals surface area contributed by atoms with Gasteiger partial charge in [0.05, 0.1) is 23.1 Å². The van der Waals surface area contributed by atoms with Gasteiger partial charge >= 0.3 is 0 Å². The van der Waals surface area contributed by atoms with Gasteiger partial charge < -0.3 is 9.67 Å². The maximum atomic E-state index is 9.16. The van der Waals surface area contributed by atoms with Gasteiger partial charge in [0.15, 0.2) is 0 Å². The van der Waals surface area contributed by atoms with Crippen LogP contribution in [0.25, 0.3) is 33.5 Å². The highest BCUT2D eigenvalue weighted by Crippen LogP contribution is 2.37. The van der Waals surface area contributed by atoms with Gasteiger partial charge in [-0.05, 0) is 49.1 Å². The minimum absolute atomic E-state index is 0.181. The molecule has 6 heteroatoms. The summed E-state index contributed by atoms with van der Waals surface area (Å²) in [4.78, 5) is 9.03. The second-order valence-corrected chi connectivity index (χ2v) is 6.93. The molecule has 4 heterocycles. The van der Waals surface area contributed by atoms with E-state index in [1.807, 2.05) is 30.7 Å². The van der Waals surface area contributed by atoms with E-state index in [1.165, 1.54) is 11.3 Å². The minimum atomic E-state index is 0.181. The molecule has 6 nitrogen and oxygen atoms in total. The number of aromatic nitrogens is 5. The Bertz CT molecular complexity index is 1100. The summed E-state index contributed by atoms with van der Waals surface area (Å²) in [5, 5.41) is 14.0. The largest absolute Gasteiger partial charge is 0.396 e. The second kappa shape index (κ2) is 6.63. The van der Waals surface area contributed by atoms with E-state index in [-0.39, 0.29) is 6.61 Å².